The molecule has 1 amide bonds. The number of anilines is 1. The van der Waals surface area contributed by atoms with Crippen molar-refractivity contribution in [1.82, 2.24) is 0 Å². The highest BCUT2D eigenvalue weighted by molar-refractivity contribution is 7.91. The van der Waals surface area contributed by atoms with Gasteiger partial charge in [0.2, 0.25) is 15.7 Å². The van der Waals surface area contributed by atoms with E-state index >= 15 is 0 Å². The van der Waals surface area contributed by atoms with Crippen LogP contribution >= 0.6 is 11.3 Å². The van der Waals surface area contributed by atoms with Gasteiger partial charge in [-0.2, -0.15) is 0 Å². The summed E-state index contributed by atoms with van der Waals surface area (Å²) in [6.07, 6.45) is 1.28. The third-order valence-electron chi connectivity index (χ3n) is 5.14. The molecule has 0 fully saturated rings. The minimum atomic E-state index is -3.70. The largest absolute Gasteiger partial charge is 0.324 e. The Bertz CT molecular complexity index is 1140. The minimum Gasteiger partial charge on any atom is -0.324 e. The molecule has 0 spiro atoms. The van der Waals surface area contributed by atoms with E-state index in [9.17, 15) is 13.2 Å². The third-order valence-corrected chi connectivity index (χ3v) is 8.16. The molecular formula is C22H21NO3S2. The van der Waals surface area contributed by atoms with Crippen LogP contribution in [0.25, 0.3) is 0 Å². The molecule has 6 heteroatoms. The molecule has 4 rings (SSSR count). The molecule has 0 radical (unpaired) electrons. The SMILES string of the molecule is CCc1ccc([C@@H]2CC(=O)Nc3c(S(=O)(=O)c4cccc(C)c4)csc32)cc1. The topological polar surface area (TPSA) is 63.2 Å². The van der Waals surface area contributed by atoms with Crippen molar-refractivity contribution < 1.29 is 13.2 Å². The smallest absolute Gasteiger partial charge is 0.225 e. The number of carbonyl (C=O) groups excluding carboxylic acids is 1. The molecular weight excluding hydrogens is 390 g/mol. The van der Waals surface area contributed by atoms with Crippen LogP contribution in [-0.4, -0.2) is 14.3 Å². The highest BCUT2D eigenvalue weighted by Crippen LogP contribution is 2.45. The lowest BCUT2D eigenvalue weighted by Crippen LogP contribution is -2.23. The first-order valence-corrected chi connectivity index (χ1v) is 11.6. The maximum atomic E-state index is 13.2. The van der Waals surface area contributed by atoms with Gasteiger partial charge >= 0.3 is 0 Å². The van der Waals surface area contributed by atoms with Crippen LogP contribution in [0.1, 0.15) is 40.8 Å². The Hall–Kier alpha value is -2.44. The number of hydrogen-bond donors (Lipinski definition) is 1. The number of thiophene rings is 1. The van der Waals surface area contributed by atoms with Crippen LogP contribution in [0.3, 0.4) is 0 Å². The van der Waals surface area contributed by atoms with Gasteiger partial charge in [0, 0.05) is 22.6 Å². The van der Waals surface area contributed by atoms with Crippen molar-refractivity contribution in [3.8, 4) is 0 Å². The van der Waals surface area contributed by atoms with E-state index in [0.29, 0.717) is 12.1 Å². The Morgan fingerprint density at radius 3 is 2.57 bits per heavy atom. The molecule has 1 atom stereocenters. The molecule has 1 N–H and O–H groups in total. The van der Waals surface area contributed by atoms with E-state index in [1.54, 1.807) is 23.6 Å². The summed E-state index contributed by atoms with van der Waals surface area (Å²) < 4.78 is 26.4. The van der Waals surface area contributed by atoms with E-state index in [1.165, 1.54) is 16.9 Å². The summed E-state index contributed by atoms with van der Waals surface area (Å²) in [5.41, 5.74) is 3.59. The van der Waals surface area contributed by atoms with Gasteiger partial charge in [-0.25, -0.2) is 8.42 Å². The van der Waals surface area contributed by atoms with Crippen LogP contribution in [0.5, 0.6) is 0 Å². The fraction of sp³-hybridized carbons (Fsp3) is 0.227. The number of nitrogens with one attached hydrogen (secondary N) is 1. The molecule has 1 aliphatic rings. The molecule has 4 nitrogen and oxygen atoms in total. The molecule has 0 aliphatic carbocycles. The highest BCUT2D eigenvalue weighted by Gasteiger charge is 2.34. The van der Waals surface area contributed by atoms with Crippen LogP contribution in [0.2, 0.25) is 0 Å². The lowest BCUT2D eigenvalue weighted by molar-refractivity contribution is -0.116. The lowest BCUT2D eigenvalue weighted by Gasteiger charge is -2.24. The Morgan fingerprint density at radius 1 is 1.14 bits per heavy atom. The zero-order chi connectivity index (χ0) is 19.9. The molecule has 2 heterocycles. The first-order chi connectivity index (χ1) is 13.4. The fourth-order valence-corrected chi connectivity index (χ4v) is 6.58. The van der Waals surface area contributed by atoms with Crippen LogP contribution < -0.4 is 5.32 Å². The summed E-state index contributed by atoms with van der Waals surface area (Å²) in [7, 11) is -3.70. The Morgan fingerprint density at radius 2 is 1.89 bits per heavy atom. The number of amides is 1. The van der Waals surface area contributed by atoms with Crippen molar-refractivity contribution in [2.45, 2.75) is 42.4 Å². The maximum Gasteiger partial charge on any atom is 0.225 e. The van der Waals surface area contributed by atoms with Crippen LogP contribution in [0, 0.1) is 6.92 Å². The van der Waals surface area contributed by atoms with Gasteiger partial charge in [0.15, 0.2) is 0 Å². The zero-order valence-corrected chi connectivity index (χ0v) is 17.4. The molecule has 1 aliphatic heterocycles. The molecule has 1 aromatic heterocycles. The standard InChI is InChI=1S/C22H21NO3S2/c1-3-15-7-9-16(10-8-15)18-12-20(24)23-21-19(13-27-22(18)21)28(25,26)17-6-4-5-14(2)11-17/h4-11,13,18H,3,12H2,1-2H3,(H,23,24)/t18-/m0/s1. The first-order valence-electron chi connectivity index (χ1n) is 9.22. The average Bonchev–Trinajstić information content (AvgIpc) is 3.12. The quantitative estimate of drug-likeness (QED) is 0.662. The van der Waals surface area contributed by atoms with Crippen LogP contribution in [0.15, 0.2) is 63.7 Å². The van der Waals surface area contributed by atoms with Gasteiger partial charge in [-0.3, -0.25) is 4.79 Å². The van der Waals surface area contributed by atoms with Gasteiger partial charge in [0.05, 0.1) is 10.6 Å². The second kappa shape index (κ2) is 7.18. The monoisotopic (exact) mass is 411 g/mol. The lowest BCUT2D eigenvalue weighted by atomic mass is 9.90. The molecule has 3 aromatic rings. The van der Waals surface area contributed by atoms with Crippen molar-refractivity contribution in [2.75, 3.05) is 5.32 Å². The summed E-state index contributed by atoms with van der Waals surface area (Å²) in [6.45, 7) is 3.96. The van der Waals surface area contributed by atoms with Crippen molar-refractivity contribution in [1.29, 1.82) is 0 Å². The predicted molar refractivity (Wildman–Crippen MR) is 112 cm³/mol. The first kappa shape index (κ1) is 18.9. The van der Waals surface area contributed by atoms with Gasteiger partial charge in [-0.15, -0.1) is 11.3 Å². The molecule has 0 saturated carbocycles. The average molecular weight is 412 g/mol. The van der Waals surface area contributed by atoms with Crippen LogP contribution in [0.4, 0.5) is 5.69 Å². The number of hydrogen-bond acceptors (Lipinski definition) is 4. The van der Waals surface area contributed by atoms with Gasteiger partial charge in [0.1, 0.15) is 4.90 Å². The van der Waals surface area contributed by atoms with E-state index in [4.69, 9.17) is 0 Å². The molecule has 0 saturated heterocycles. The Balaban J connectivity index is 1.80. The number of aryl methyl sites for hydroxylation is 2. The number of fused-ring (bicyclic) bond motifs is 1. The number of sulfone groups is 1. The predicted octanol–water partition coefficient (Wildman–Crippen LogP) is 4.93. The van der Waals surface area contributed by atoms with E-state index in [0.717, 1.165) is 22.4 Å². The second-order valence-corrected chi connectivity index (χ2v) is 9.89. The molecule has 0 bridgehead atoms. The van der Waals surface area contributed by atoms with Crippen molar-refractivity contribution >= 4 is 32.8 Å². The summed E-state index contributed by atoms with van der Waals surface area (Å²) in [5, 5.41) is 4.47. The summed E-state index contributed by atoms with van der Waals surface area (Å²) in [5.74, 6) is -0.280. The van der Waals surface area contributed by atoms with E-state index < -0.39 is 9.84 Å². The summed E-state index contributed by atoms with van der Waals surface area (Å²) in [4.78, 5) is 13.7. The van der Waals surface area contributed by atoms with Gasteiger partial charge < -0.3 is 5.32 Å². The summed E-state index contributed by atoms with van der Waals surface area (Å²) in [6, 6.07) is 15.1. The second-order valence-electron chi connectivity index (χ2n) is 7.06. The van der Waals surface area contributed by atoms with Gasteiger partial charge in [-0.05, 0) is 42.2 Å². The van der Waals surface area contributed by atoms with Crippen molar-refractivity contribution in [3.05, 3.63) is 75.5 Å². The molecule has 144 valence electrons. The zero-order valence-electron chi connectivity index (χ0n) is 15.7. The summed E-state index contributed by atoms with van der Waals surface area (Å²) >= 11 is 1.40. The molecule has 2 aromatic carbocycles. The Kier molecular flexibility index (Phi) is 4.85. The van der Waals surface area contributed by atoms with E-state index in [1.807, 2.05) is 25.1 Å². The molecule has 28 heavy (non-hydrogen) atoms. The highest BCUT2D eigenvalue weighted by atomic mass is 32.2. The van der Waals surface area contributed by atoms with E-state index in [2.05, 4.69) is 24.4 Å². The number of rotatable bonds is 4. The number of benzene rings is 2. The fourth-order valence-electron chi connectivity index (χ4n) is 3.57. The normalized spacial score (nSPS) is 16.5. The van der Waals surface area contributed by atoms with Crippen molar-refractivity contribution in [3.63, 3.8) is 0 Å². The number of carbonyl (C=O) groups is 1. The van der Waals surface area contributed by atoms with Crippen LogP contribution in [-0.2, 0) is 21.1 Å². The van der Waals surface area contributed by atoms with E-state index in [-0.39, 0.29) is 21.6 Å². The minimum absolute atomic E-state index is 0.124. The van der Waals surface area contributed by atoms with Gasteiger partial charge in [-0.1, -0.05) is 43.3 Å². The molecule has 0 unspecified atom stereocenters. The maximum absolute atomic E-state index is 13.2. The van der Waals surface area contributed by atoms with Crippen molar-refractivity contribution in [2.24, 2.45) is 0 Å². The van der Waals surface area contributed by atoms with Gasteiger partial charge in [0.25, 0.3) is 0 Å². The third kappa shape index (κ3) is 3.27. The Labute approximate surface area is 169 Å².